The zero-order valence-electron chi connectivity index (χ0n) is 14.9. The molecule has 1 aliphatic carbocycles. The van der Waals surface area contributed by atoms with Gasteiger partial charge >= 0.3 is 0 Å². The van der Waals surface area contributed by atoms with Crippen molar-refractivity contribution in [1.29, 1.82) is 0 Å². The number of nitrogens with zero attached hydrogens (tertiary/aromatic N) is 5. The molecule has 0 radical (unpaired) electrons. The molecule has 2 fully saturated rings. The highest BCUT2D eigenvalue weighted by Gasteiger charge is 2.61. The third-order valence-corrected chi connectivity index (χ3v) is 5.71. The van der Waals surface area contributed by atoms with Gasteiger partial charge in [0.25, 0.3) is 5.91 Å². The summed E-state index contributed by atoms with van der Waals surface area (Å²) in [6, 6.07) is 0.315. The summed E-state index contributed by atoms with van der Waals surface area (Å²) in [5.41, 5.74) is 0.173. The summed E-state index contributed by atoms with van der Waals surface area (Å²) >= 11 is 0. The number of likely N-dealkylation sites (tertiary alicyclic amines) is 1. The zero-order valence-corrected chi connectivity index (χ0v) is 14.9. The fraction of sp³-hybridized carbons (Fsp3) is 0.706. The molecule has 0 aromatic carbocycles. The fourth-order valence-electron chi connectivity index (χ4n) is 3.81. The molecule has 1 amide bonds. The first-order valence-electron chi connectivity index (χ1n) is 8.62. The summed E-state index contributed by atoms with van der Waals surface area (Å²) in [5, 5.41) is 4.29. The predicted octanol–water partition coefficient (Wildman–Crippen LogP) is 1.79. The van der Waals surface area contributed by atoms with E-state index in [1.807, 2.05) is 36.6 Å². The molecule has 130 valence electrons. The van der Waals surface area contributed by atoms with E-state index in [1.54, 1.807) is 6.33 Å². The Kier molecular flexibility index (Phi) is 3.21. The number of amides is 1. The Bertz CT molecular complexity index is 696. The number of carbonyl (C=O) groups is 1. The highest BCUT2D eigenvalue weighted by Crippen LogP contribution is 2.54. The van der Waals surface area contributed by atoms with Gasteiger partial charge in [0.05, 0.1) is 6.33 Å². The molecule has 24 heavy (non-hydrogen) atoms. The zero-order chi connectivity index (χ0) is 17.2. The van der Waals surface area contributed by atoms with Crippen molar-refractivity contribution in [1.82, 2.24) is 19.4 Å². The second kappa shape index (κ2) is 4.97. The molecular formula is C17H25N5O2. The van der Waals surface area contributed by atoms with Crippen molar-refractivity contribution in [2.45, 2.75) is 39.5 Å². The Labute approximate surface area is 142 Å². The summed E-state index contributed by atoms with van der Waals surface area (Å²) < 4.78 is 1.97. The number of hydrogen-bond donors (Lipinski definition) is 0. The number of hydrogen-bond acceptors (Lipinski definition) is 5. The maximum atomic E-state index is 12.6. The van der Waals surface area contributed by atoms with Crippen LogP contribution < -0.4 is 0 Å². The van der Waals surface area contributed by atoms with Gasteiger partial charge in [-0.1, -0.05) is 5.16 Å². The minimum absolute atomic E-state index is 0.0404. The Balaban J connectivity index is 1.39. The van der Waals surface area contributed by atoms with Gasteiger partial charge in [-0.2, -0.15) is 0 Å². The maximum Gasteiger partial charge on any atom is 0.274 e. The first-order chi connectivity index (χ1) is 11.3. The Hall–Kier alpha value is -2.05. The molecule has 2 aliphatic heterocycles. The number of aromatic nitrogens is 2. The smallest absolute Gasteiger partial charge is 0.274 e. The van der Waals surface area contributed by atoms with E-state index in [-0.39, 0.29) is 11.6 Å². The van der Waals surface area contributed by atoms with E-state index in [0.717, 1.165) is 18.9 Å². The van der Waals surface area contributed by atoms with Gasteiger partial charge in [-0.15, -0.1) is 0 Å². The Morgan fingerprint density at radius 2 is 2.00 bits per heavy atom. The van der Waals surface area contributed by atoms with Gasteiger partial charge < -0.3 is 19.2 Å². The molecule has 7 nitrogen and oxygen atoms in total. The van der Waals surface area contributed by atoms with E-state index in [4.69, 9.17) is 4.84 Å². The molecule has 0 spiro atoms. The maximum absolute atomic E-state index is 12.6. The van der Waals surface area contributed by atoms with Crippen molar-refractivity contribution in [3.63, 3.8) is 0 Å². The van der Waals surface area contributed by atoms with Gasteiger partial charge in [0.15, 0.2) is 5.84 Å². The van der Waals surface area contributed by atoms with Crippen LogP contribution in [-0.4, -0.2) is 57.0 Å². The summed E-state index contributed by atoms with van der Waals surface area (Å²) in [7, 11) is 2.03. The van der Waals surface area contributed by atoms with E-state index in [2.05, 4.69) is 28.9 Å². The summed E-state index contributed by atoms with van der Waals surface area (Å²) in [4.78, 5) is 26.5. The van der Waals surface area contributed by atoms with Gasteiger partial charge in [0.1, 0.15) is 5.69 Å². The van der Waals surface area contributed by atoms with Crippen LogP contribution in [0.25, 0.3) is 0 Å². The van der Waals surface area contributed by atoms with Gasteiger partial charge in [0, 0.05) is 38.3 Å². The second-order valence-electron chi connectivity index (χ2n) is 7.91. The summed E-state index contributed by atoms with van der Waals surface area (Å²) in [6.45, 7) is 9.76. The standard InChI is InChI=1S/C17H25N5O2/c1-10(2)22-8-13(18-9-22)16(23)21-6-11-12(7-21)14(11)15-19-24-17(3,4)20(15)5/h8-12,14H,6-7H2,1-5H3/t11-,12+,14?. The molecule has 3 heterocycles. The lowest BCUT2D eigenvalue weighted by atomic mass is 10.2. The summed E-state index contributed by atoms with van der Waals surface area (Å²) in [6.07, 6.45) is 3.58. The molecule has 0 bridgehead atoms. The van der Waals surface area contributed by atoms with Crippen LogP contribution in [0.3, 0.4) is 0 Å². The monoisotopic (exact) mass is 331 g/mol. The Morgan fingerprint density at radius 3 is 2.50 bits per heavy atom. The van der Waals surface area contributed by atoms with Crippen LogP contribution in [0.1, 0.15) is 44.2 Å². The average Bonchev–Trinajstić information content (AvgIpc) is 2.97. The van der Waals surface area contributed by atoms with E-state index in [9.17, 15) is 4.79 Å². The molecule has 0 N–H and O–H groups in total. The van der Waals surface area contributed by atoms with Crippen LogP contribution in [-0.2, 0) is 4.84 Å². The highest BCUT2D eigenvalue weighted by molar-refractivity contribution is 5.94. The van der Waals surface area contributed by atoms with Crippen LogP contribution in [0.15, 0.2) is 17.7 Å². The molecule has 7 heteroatoms. The van der Waals surface area contributed by atoms with E-state index >= 15 is 0 Å². The molecule has 3 aliphatic rings. The van der Waals surface area contributed by atoms with Crippen molar-refractivity contribution in [2.24, 2.45) is 22.9 Å². The van der Waals surface area contributed by atoms with Crippen molar-refractivity contribution in [2.75, 3.05) is 20.1 Å². The fourth-order valence-corrected chi connectivity index (χ4v) is 3.81. The number of piperidine rings is 1. The largest absolute Gasteiger partial charge is 0.366 e. The molecule has 1 saturated heterocycles. The normalized spacial score (nSPS) is 30.4. The van der Waals surface area contributed by atoms with Crippen molar-refractivity contribution < 1.29 is 9.63 Å². The van der Waals surface area contributed by atoms with Crippen LogP contribution in [0.5, 0.6) is 0 Å². The van der Waals surface area contributed by atoms with Crippen molar-refractivity contribution in [3.05, 3.63) is 18.2 Å². The molecule has 3 atom stereocenters. The number of oxime groups is 1. The average molecular weight is 331 g/mol. The molecule has 1 aromatic heterocycles. The lowest BCUT2D eigenvalue weighted by Gasteiger charge is -2.28. The van der Waals surface area contributed by atoms with Crippen LogP contribution >= 0.6 is 0 Å². The van der Waals surface area contributed by atoms with E-state index in [0.29, 0.717) is 29.5 Å². The summed E-state index contributed by atoms with van der Waals surface area (Å²) in [5.74, 6) is 2.50. The molecule has 1 saturated carbocycles. The minimum atomic E-state index is -0.370. The molecule has 1 aromatic rings. The van der Waals surface area contributed by atoms with E-state index in [1.165, 1.54) is 0 Å². The quantitative estimate of drug-likeness (QED) is 0.847. The van der Waals surface area contributed by atoms with Gasteiger partial charge in [-0.25, -0.2) is 4.98 Å². The highest BCUT2D eigenvalue weighted by atomic mass is 16.7. The Morgan fingerprint density at radius 1 is 1.33 bits per heavy atom. The van der Waals surface area contributed by atoms with Gasteiger partial charge in [-0.05, 0) is 39.5 Å². The van der Waals surface area contributed by atoms with Crippen LogP contribution in [0.2, 0.25) is 0 Å². The second-order valence-corrected chi connectivity index (χ2v) is 7.91. The third kappa shape index (κ3) is 2.21. The molecular weight excluding hydrogens is 306 g/mol. The van der Waals surface area contributed by atoms with E-state index < -0.39 is 0 Å². The topological polar surface area (TPSA) is 63.0 Å². The first kappa shape index (κ1) is 15.5. The number of fused-ring (bicyclic) bond motifs is 1. The van der Waals surface area contributed by atoms with Crippen molar-refractivity contribution in [3.8, 4) is 0 Å². The number of rotatable bonds is 3. The molecule has 4 rings (SSSR count). The van der Waals surface area contributed by atoms with Crippen LogP contribution in [0.4, 0.5) is 0 Å². The number of amidine groups is 1. The number of imidazole rings is 1. The number of carbonyl (C=O) groups excluding carboxylic acids is 1. The van der Waals surface area contributed by atoms with Gasteiger partial charge in [-0.3, -0.25) is 4.79 Å². The minimum Gasteiger partial charge on any atom is -0.366 e. The SMILES string of the molecule is CC(C)n1cnc(C(=O)N2C[C@@H]3C(C4=NOC(C)(C)N4C)[C@@H]3C2)c1. The van der Waals surface area contributed by atoms with Crippen LogP contribution in [0, 0.1) is 17.8 Å². The third-order valence-electron chi connectivity index (χ3n) is 5.71. The predicted molar refractivity (Wildman–Crippen MR) is 89.3 cm³/mol. The first-order valence-corrected chi connectivity index (χ1v) is 8.62. The van der Waals surface area contributed by atoms with Crippen molar-refractivity contribution >= 4 is 11.7 Å². The lowest BCUT2D eigenvalue weighted by Crippen LogP contribution is -2.42. The lowest BCUT2D eigenvalue weighted by molar-refractivity contribution is -0.0596. The molecule has 1 unspecified atom stereocenters. The van der Waals surface area contributed by atoms with Gasteiger partial charge in [0.2, 0.25) is 5.72 Å².